The van der Waals surface area contributed by atoms with Crippen LogP contribution < -0.4 is 0 Å². The van der Waals surface area contributed by atoms with Crippen molar-refractivity contribution in [1.29, 1.82) is 0 Å². The molecule has 2 aromatic carbocycles. The van der Waals surface area contributed by atoms with E-state index in [1.54, 1.807) is 23.5 Å². The van der Waals surface area contributed by atoms with Crippen molar-refractivity contribution in [2.75, 3.05) is 0 Å². The van der Waals surface area contributed by atoms with Crippen molar-refractivity contribution in [3.8, 4) is 0 Å². The third kappa shape index (κ3) is 6.25. The second-order valence-corrected chi connectivity index (χ2v) is 8.50. The van der Waals surface area contributed by atoms with E-state index in [-0.39, 0.29) is 5.41 Å². The van der Waals surface area contributed by atoms with Gasteiger partial charge < -0.3 is 0 Å². The van der Waals surface area contributed by atoms with E-state index in [0.717, 1.165) is 4.90 Å². The van der Waals surface area contributed by atoms with Gasteiger partial charge in [-0.2, -0.15) is 0 Å². The maximum absolute atomic E-state index is 4.31. The van der Waals surface area contributed by atoms with E-state index in [4.69, 9.17) is 0 Å². The molecule has 2 rings (SSSR count). The number of thiol groups is 1. The van der Waals surface area contributed by atoms with Crippen molar-refractivity contribution < 1.29 is 0 Å². The summed E-state index contributed by atoms with van der Waals surface area (Å²) in [7, 11) is 0. The van der Waals surface area contributed by atoms with Crippen LogP contribution in [0.2, 0.25) is 0 Å². The second kappa shape index (κ2) is 7.48. The zero-order valence-electron chi connectivity index (χ0n) is 12.5. The lowest BCUT2D eigenvalue weighted by Gasteiger charge is -2.10. The van der Waals surface area contributed by atoms with Crippen LogP contribution in [0, 0.1) is 5.41 Å². The predicted molar refractivity (Wildman–Crippen MR) is 98.7 cm³/mol. The molecule has 0 aromatic heterocycles. The van der Waals surface area contributed by atoms with E-state index in [9.17, 15) is 0 Å². The molecule has 21 heavy (non-hydrogen) atoms. The highest BCUT2D eigenvalue weighted by Crippen LogP contribution is 2.30. The minimum Gasteiger partial charge on any atom is -0.143 e. The third-order valence-electron chi connectivity index (χ3n) is 2.67. The molecule has 0 fully saturated rings. The Bertz CT molecular complexity index is 590. The van der Waals surface area contributed by atoms with Crippen LogP contribution in [0.4, 0.5) is 0 Å². The summed E-state index contributed by atoms with van der Waals surface area (Å²) in [6, 6.07) is 16.9. The molecule has 0 saturated heterocycles. The van der Waals surface area contributed by atoms with Crippen LogP contribution in [0.5, 0.6) is 0 Å². The molecule has 0 aliphatic heterocycles. The van der Waals surface area contributed by atoms with E-state index in [0.29, 0.717) is 0 Å². The van der Waals surface area contributed by atoms with Gasteiger partial charge in [-0.25, -0.2) is 0 Å². The van der Waals surface area contributed by atoms with E-state index >= 15 is 0 Å². The topological polar surface area (TPSA) is 0 Å². The van der Waals surface area contributed by atoms with Crippen LogP contribution >= 0.6 is 36.2 Å². The fraction of sp³-hybridized carbons (Fsp3) is 0.222. The fourth-order valence-electron chi connectivity index (χ4n) is 1.55. The van der Waals surface area contributed by atoms with E-state index in [1.807, 2.05) is 12.1 Å². The highest BCUT2D eigenvalue weighted by atomic mass is 32.2. The minimum absolute atomic E-state index is 0.238. The van der Waals surface area contributed by atoms with Crippen molar-refractivity contribution in [1.82, 2.24) is 0 Å². The van der Waals surface area contributed by atoms with Gasteiger partial charge in [-0.3, -0.25) is 0 Å². The summed E-state index contributed by atoms with van der Waals surface area (Å²) >= 11 is 7.84. The lowest BCUT2D eigenvalue weighted by atomic mass is 9.98. The normalized spacial score (nSPS) is 12.0. The van der Waals surface area contributed by atoms with Gasteiger partial charge in [0.15, 0.2) is 0 Å². The highest BCUT2D eigenvalue weighted by Gasteiger charge is 2.03. The number of allylic oxidation sites excluding steroid dienone is 1. The molecule has 0 nitrogen and oxygen atoms in total. The Morgan fingerprint density at radius 1 is 0.810 bits per heavy atom. The minimum atomic E-state index is 0.238. The van der Waals surface area contributed by atoms with Crippen LogP contribution in [0.3, 0.4) is 0 Å². The Morgan fingerprint density at radius 2 is 1.29 bits per heavy atom. The summed E-state index contributed by atoms with van der Waals surface area (Å²) < 4.78 is 0. The SMILES string of the molecule is CC(C)(C)/C=C/Sc1ccc(Sc2ccc(S)cc2)cc1. The van der Waals surface area contributed by atoms with Gasteiger partial charge in [0.25, 0.3) is 0 Å². The van der Waals surface area contributed by atoms with Crippen molar-refractivity contribution in [3.63, 3.8) is 0 Å². The molecular weight excluding hydrogens is 312 g/mol. The molecule has 0 aliphatic carbocycles. The monoisotopic (exact) mass is 332 g/mol. The lowest BCUT2D eigenvalue weighted by molar-refractivity contribution is 0.545. The van der Waals surface area contributed by atoms with Gasteiger partial charge in [0.05, 0.1) is 0 Å². The number of hydrogen-bond acceptors (Lipinski definition) is 3. The smallest absolute Gasteiger partial charge is 0.0123 e. The molecule has 0 unspecified atom stereocenters. The van der Waals surface area contributed by atoms with Gasteiger partial charge >= 0.3 is 0 Å². The molecule has 0 atom stereocenters. The first-order valence-electron chi connectivity index (χ1n) is 6.84. The second-order valence-electron chi connectivity index (χ2n) is 5.85. The van der Waals surface area contributed by atoms with E-state index in [2.05, 4.69) is 81.3 Å². The molecule has 3 heteroatoms. The molecule has 0 N–H and O–H groups in total. The Balaban J connectivity index is 1.96. The molecular formula is C18H20S3. The summed E-state index contributed by atoms with van der Waals surface area (Å²) in [4.78, 5) is 4.76. The molecule has 0 heterocycles. The van der Waals surface area contributed by atoms with Crippen LogP contribution in [-0.4, -0.2) is 0 Å². The quantitative estimate of drug-likeness (QED) is 0.484. The molecule has 110 valence electrons. The van der Waals surface area contributed by atoms with E-state index in [1.165, 1.54) is 14.7 Å². The standard InChI is InChI=1S/C18H20S3/c1-18(2,3)12-13-20-15-8-10-17(11-9-15)21-16-6-4-14(19)5-7-16/h4-13,19H,1-3H3/b13-12+. The third-order valence-corrected chi connectivity index (χ3v) is 4.80. The lowest BCUT2D eigenvalue weighted by Crippen LogP contribution is -1.97. The maximum atomic E-state index is 4.31. The van der Waals surface area contributed by atoms with Crippen molar-refractivity contribution in [3.05, 3.63) is 60.0 Å². The zero-order valence-corrected chi connectivity index (χ0v) is 15.1. The summed E-state index contributed by atoms with van der Waals surface area (Å²) in [5.41, 5.74) is 0.238. The Hall–Kier alpha value is -0.770. The first-order chi connectivity index (χ1) is 9.92. The summed E-state index contributed by atoms with van der Waals surface area (Å²) in [6.07, 6.45) is 2.24. The van der Waals surface area contributed by atoms with Crippen LogP contribution in [0.1, 0.15) is 20.8 Å². The molecule has 0 radical (unpaired) electrons. The summed E-state index contributed by atoms with van der Waals surface area (Å²) in [6.45, 7) is 6.62. The van der Waals surface area contributed by atoms with Gasteiger partial charge in [-0.05, 0) is 59.4 Å². The first kappa shape index (κ1) is 16.6. The largest absolute Gasteiger partial charge is 0.143 e. The molecule has 0 saturated carbocycles. The molecule has 0 spiro atoms. The number of hydrogen-bond donors (Lipinski definition) is 1. The molecule has 0 bridgehead atoms. The maximum Gasteiger partial charge on any atom is 0.0123 e. The summed E-state index contributed by atoms with van der Waals surface area (Å²) in [5, 5.41) is 2.17. The first-order valence-corrected chi connectivity index (χ1v) is 8.98. The molecule has 2 aromatic rings. The number of thioether (sulfide) groups is 1. The van der Waals surface area contributed by atoms with Gasteiger partial charge in [-0.1, -0.05) is 50.4 Å². The van der Waals surface area contributed by atoms with E-state index < -0.39 is 0 Å². The van der Waals surface area contributed by atoms with Crippen LogP contribution in [0.15, 0.2) is 79.6 Å². The van der Waals surface area contributed by atoms with Crippen molar-refractivity contribution in [2.24, 2.45) is 5.41 Å². The van der Waals surface area contributed by atoms with Gasteiger partial charge in [0, 0.05) is 19.6 Å². The van der Waals surface area contributed by atoms with Crippen molar-refractivity contribution >= 4 is 36.2 Å². The molecule has 0 amide bonds. The molecule has 0 aliphatic rings. The Kier molecular flexibility index (Phi) is 5.91. The predicted octanol–water partition coefficient (Wildman–Crippen LogP) is 6.78. The fourth-order valence-corrected chi connectivity index (χ4v) is 3.45. The van der Waals surface area contributed by atoms with Gasteiger partial charge in [-0.15, -0.1) is 12.6 Å². The van der Waals surface area contributed by atoms with Gasteiger partial charge in [0.1, 0.15) is 0 Å². The highest BCUT2D eigenvalue weighted by molar-refractivity contribution is 8.02. The zero-order chi connectivity index (χ0) is 15.3. The average Bonchev–Trinajstić information content (AvgIpc) is 2.42. The Labute approximate surface area is 141 Å². The van der Waals surface area contributed by atoms with Crippen LogP contribution in [0.25, 0.3) is 0 Å². The van der Waals surface area contributed by atoms with Gasteiger partial charge in [0.2, 0.25) is 0 Å². The summed E-state index contributed by atoms with van der Waals surface area (Å²) in [5.74, 6) is 0. The van der Waals surface area contributed by atoms with Crippen LogP contribution in [-0.2, 0) is 0 Å². The number of benzene rings is 2. The average molecular weight is 333 g/mol. The Morgan fingerprint density at radius 3 is 1.81 bits per heavy atom. The van der Waals surface area contributed by atoms with Crippen molar-refractivity contribution in [2.45, 2.75) is 40.4 Å². The number of rotatable bonds is 4.